The van der Waals surface area contributed by atoms with Gasteiger partial charge in [0.1, 0.15) is 5.75 Å². The fourth-order valence-corrected chi connectivity index (χ4v) is 3.27. The smallest absolute Gasteiger partial charge is 0.191 e. The first kappa shape index (κ1) is 22.5. The molecular formula is C22H37N3O3. The third-order valence-corrected chi connectivity index (χ3v) is 5.14. The van der Waals surface area contributed by atoms with Crippen molar-refractivity contribution in [3.63, 3.8) is 0 Å². The van der Waals surface area contributed by atoms with Gasteiger partial charge in [-0.1, -0.05) is 32.0 Å². The quantitative estimate of drug-likeness (QED) is 0.399. The summed E-state index contributed by atoms with van der Waals surface area (Å²) in [4.78, 5) is 4.75. The van der Waals surface area contributed by atoms with Crippen LogP contribution in [0.4, 0.5) is 0 Å². The fourth-order valence-electron chi connectivity index (χ4n) is 3.27. The second-order valence-corrected chi connectivity index (χ2v) is 7.96. The number of aliphatic imine (C=N–C) groups is 1. The van der Waals surface area contributed by atoms with Crippen molar-refractivity contribution in [3.05, 3.63) is 29.8 Å². The standard InChI is InChI=1S/C22H37N3O3/c1-4-23-21(25-16-22(10-12-26)11-14-27-17-22)24-15-19-7-5-6-8-20(19)28-13-9-18(2)3/h5-8,18,26H,4,9-17H2,1-3H3,(H2,23,24,25). The Labute approximate surface area is 169 Å². The first-order valence-electron chi connectivity index (χ1n) is 10.5. The van der Waals surface area contributed by atoms with Crippen molar-refractivity contribution in [3.8, 4) is 5.75 Å². The topological polar surface area (TPSA) is 75.1 Å². The highest BCUT2D eigenvalue weighted by molar-refractivity contribution is 5.79. The number of ether oxygens (including phenoxy) is 2. The van der Waals surface area contributed by atoms with Crippen molar-refractivity contribution >= 4 is 5.96 Å². The number of aliphatic hydroxyl groups is 1. The molecule has 0 aromatic heterocycles. The van der Waals surface area contributed by atoms with Gasteiger partial charge < -0.3 is 25.2 Å². The summed E-state index contributed by atoms with van der Waals surface area (Å²) < 4.78 is 11.6. The Kier molecular flexibility index (Phi) is 9.58. The van der Waals surface area contributed by atoms with Crippen LogP contribution in [-0.2, 0) is 11.3 Å². The van der Waals surface area contributed by atoms with E-state index in [1.807, 2.05) is 18.2 Å². The van der Waals surface area contributed by atoms with Crippen molar-refractivity contribution in [2.45, 2.75) is 46.6 Å². The number of nitrogens with zero attached hydrogens (tertiary/aromatic N) is 1. The van der Waals surface area contributed by atoms with E-state index in [1.54, 1.807) is 0 Å². The van der Waals surface area contributed by atoms with Gasteiger partial charge in [0.25, 0.3) is 0 Å². The minimum absolute atomic E-state index is 0.0111. The number of benzene rings is 1. The molecule has 0 radical (unpaired) electrons. The minimum Gasteiger partial charge on any atom is -0.493 e. The molecule has 1 aromatic carbocycles. The zero-order chi connectivity index (χ0) is 20.2. The molecule has 1 fully saturated rings. The molecule has 158 valence electrons. The van der Waals surface area contributed by atoms with E-state index in [0.717, 1.165) is 62.8 Å². The normalized spacial score (nSPS) is 19.8. The summed E-state index contributed by atoms with van der Waals surface area (Å²) in [7, 11) is 0. The van der Waals surface area contributed by atoms with Gasteiger partial charge in [0.05, 0.1) is 19.8 Å². The average Bonchev–Trinajstić information content (AvgIpc) is 3.14. The van der Waals surface area contributed by atoms with Crippen LogP contribution in [0.3, 0.4) is 0 Å². The summed E-state index contributed by atoms with van der Waals surface area (Å²) in [6.07, 6.45) is 2.75. The summed E-state index contributed by atoms with van der Waals surface area (Å²) in [5, 5.41) is 16.2. The summed E-state index contributed by atoms with van der Waals surface area (Å²) in [5.41, 5.74) is 1.07. The molecule has 3 N–H and O–H groups in total. The van der Waals surface area contributed by atoms with Crippen LogP contribution in [0.2, 0.25) is 0 Å². The average molecular weight is 392 g/mol. The number of hydrogen-bond donors (Lipinski definition) is 3. The summed E-state index contributed by atoms with van der Waals surface area (Å²) in [5.74, 6) is 2.31. The predicted octanol–water partition coefficient (Wildman–Crippen LogP) is 2.96. The largest absolute Gasteiger partial charge is 0.493 e. The van der Waals surface area contributed by atoms with Crippen LogP contribution in [0.25, 0.3) is 0 Å². The van der Waals surface area contributed by atoms with Crippen LogP contribution in [0.1, 0.15) is 45.6 Å². The maximum Gasteiger partial charge on any atom is 0.191 e. The third kappa shape index (κ3) is 7.32. The van der Waals surface area contributed by atoms with E-state index in [9.17, 15) is 5.11 Å². The van der Waals surface area contributed by atoms with E-state index in [-0.39, 0.29) is 12.0 Å². The number of nitrogens with one attached hydrogen (secondary N) is 2. The van der Waals surface area contributed by atoms with Crippen molar-refractivity contribution in [1.82, 2.24) is 10.6 Å². The van der Waals surface area contributed by atoms with Gasteiger partial charge in [-0.25, -0.2) is 4.99 Å². The van der Waals surface area contributed by atoms with Gasteiger partial charge in [0.15, 0.2) is 5.96 Å². The lowest BCUT2D eigenvalue weighted by atomic mass is 9.84. The number of hydrogen-bond acceptors (Lipinski definition) is 4. The van der Waals surface area contributed by atoms with E-state index in [4.69, 9.17) is 14.5 Å². The molecule has 6 nitrogen and oxygen atoms in total. The Balaban J connectivity index is 1.98. The minimum atomic E-state index is -0.0111. The highest BCUT2D eigenvalue weighted by Crippen LogP contribution is 2.31. The van der Waals surface area contributed by atoms with Crippen molar-refractivity contribution in [2.75, 3.05) is 39.5 Å². The molecular weight excluding hydrogens is 354 g/mol. The maximum absolute atomic E-state index is 9.41. The molecule has 1 saturated heterocycles. The Bertz CT molecular complexity index is 598. The van der Waals surface area contributed by atoms with Crippen LogP contribution in [0, 0.1) is 11.3 Å². The number of rotatable bonds is 11. The summed E-state index contributed by atoms with van der Waals surface area (Å²) in [6.45, 7) is 10.9. The zero-order valence-corrected chi connectivity index (χ0v) is 17.7. The summed E-state index contributed by atoms with van der Waals surface area (Å²) >= 11 is 0. The molecule has 0 amide bonds. The second kappa shape index (κ2) is 11.9. The van der Waals surface area contributed by atoms with Gasteiger partial charge in [-0.05, 0) is 38.2 Å². The third-order valence-electron chi connectivity index (χ3n) is 5.14. The fraction of sp³-hybridized carbons (Fsp3) is 0.682. The molecule has 1 aromatic rings. The van der Waals surface area contributed by atoms with Crippen LogP contribution in [-0.4, -0.2) is 50.6 Å². The second-order valence-electron chi connectivity index (χ2n) is 7.96. The molecule has 6 heteroatoms. The lowest BCUT2D eigenvalue weighted by Gasteiger charge is -2.27. The van der Waals surface area contributed by atoms with Gasteiger partial charge >= 0.3 is 0 Å². The van der Waals surface area contributed by atoms with Crippen molar-refractivity contribution in [2.24, 2.45) is 16.3 Å². The Morgan fingerprint density at radius 2 is 2.14 bits per heavy atom. The van der Waals surface area contributed by atoms with E-state index in [1.165, 1.54) is 0 Å². The Morgan fingerprint density at radius 1 is 1.32 bits per heavy atom. The Hall–Kier alpha value is -1.79. The van der Waals surface area contributed by atoms with Crippen LogP contribution in [0.15, 0.2) is 29.3 Å². The molecule has 0 saturated carbocycles. The number of aliphatic hydroxyl groups excluding tert-OH is 1. The van der Waals surface area contributed by atoms with E-state index < -0.39 is 0 Å². The molecule has 1 unspecified atom stereocenters. The number of guanidine groups is 1. The molecule has 0 bridgehead atoms. The lowest BCUT2D eigenvalue weighted by Crippen LogP contribution is -2.44. The van der Waals surface area contributed by atoms with Gasteiger partial charge in [-0.15, -0.1) is 0 Å². The first-order valence-corrected chi connectivity index (χ1v) is 10.5. The van der Waals surface area contributed by atoms with Gasteiger partial charge in [-0.2, -0.15) is 0 Å². The van der Waals surface area contributed by atoms with Gasteiger partial charge in [0, 0.05) is 37.3 Å². The van der Waals surface area contributed by atoms with E-state index >= 15 is 0 Å². The molecule has 2 rings (SSSR count). The van der Waals surface area contributed by atoms with Crippen LogP contribution < -0.4 is 15.4 Å². The monoisotopic (exact) mass is 391 g/mol. The van der Waals surface area contributed by atoms with E-state index in [0.29, 0.717) is 19.1 Å². The predicted molar refractivity (Wildman–Crippen MR) is 114 cm³/mol. The van der Waals surface area contributed by atoms with Crippen molar-refractivity contribution in [1.29, 1.82) is 0 Å². The SMILES string of the molecule is CCNC(=NCc1ccccc1OCCC(C)C)NCC1(CCO)CCOC1. The van der Waals surface area contributed by atoms with Gasteiger partial charge in [-0.3, -0.25) is 0 Å². The highest BCUT2D eigenvalue weighted by Gasteiger charge is 2.34. The Morgan fingerprint density at radius 3 is 2.82 bits per heavy atom. The molecule has 0 spiro atoms. The molecule has 1 atom stereocenters. The highest BCUT2D eigenvalue weighted by atomic mass is 16.5. The first-order chi connectivity index (χ1) is 13.6. The maximum atomic E-state index is 9.41. The lowest BCUT2D eigenvalue weighted by molar-refractivity contribution is 0.127. The zero-order valence-electron chi connectivity index (χ0n) is 17.7. The molecule has 1 heterocycles. The molecule has 28 heavy (non-hydrogen) atoms. The number of para-hydroxylation sites is 1. The van der Waals surface area contributed by atoms with Crippen LogP contribution in [0.5, 0.6) is 5.75 Å². The van der Waals surface area contributed by atoms with Crippen LogP contribution >= 0.6 is 0 Å². The van der Waals surface area contributed by atoms with Gasteiger partial charge in [0.2, 0.25) is 0 Å². The molecule has 1 aliphatic heterocycles. The summed E-state index contributed by atoms with van der Waals surface area (Å²) in [6, 6.07) is 8.10. The molecule has 0 aliphatic carbocycles. The van der Waals surface area contributed by atoms with E-state index in [2.05, 4.69) is 37.5 Å². The molecule has 1 aliphatic rings. The van der Waals surface area contributed by atoms with Crippen molar-refractivity contribution < 1.29 is 14.6 Å².